The molecule has 0 bridgehead atoms. The van der Waals surface area contributed by atoms with Gasteiger partial charge >= 0.3 is 0 Å². The number of ether oxygens (including phenoxy) is 2. The number of halogens is 2. The first kappa shape index (κ1) is 25.1. The van der Waals surface area contributed by atoms with Gasteiger partial charge < -0.3 is 19.7 Å². The number of rotatable bonds is 7. The van der Waals surface area contributed by atoms with Gasteiger partial charge in [0.2, 0.25) is 0 Å². The second-order valence-corrected chi connectivity index (χ2v) is 9.78. The normalized spacial score (nSPS) is 20.6. The van der Waals surface area contributed by atoms with Gasteiger partial charge in [-0.05, 0) is 92.4 Å². The van der Waals surface area contributed by atoms with Gasteiger partial charge in [0.15, 0.2) is 0 Å². The van der Waals surface area contributed by atoms with E-state index < -0.39 is 18.6 Å². The van der Waals surface area contributed by atoms with Crippen LogP contribution in [0.15, 0.2) is 66.7 Å². The lowest BCUT2D eigenvalue weighted by Crippen LogP contribution is -2.43. The Kier molecular flexibility index (Phi) is 7.07. The Morgan fingerprint density at radius 3 is 2.51 bits per heavy atom. The summed E-state index contributed by atoms with van der Waals surface area (Å²) in [6.07, 6.45) is -1.48. The van der Waals surface area contributed by atoms with Crippen LogP contribution in [-0.2, 0) is 0 Å². The number of phenols is 2. The van der Waals surface area contributed by atoms with Gasteiger partial charge in [-0.3, -0.25) is 4.90 Å². The fraction of sp³-hybridized carbons (Fsp3) is 0.333. The second kappa shape index (κ2) is 10.4. The average Bonchev–Trinajstić information content (AvgIpc) is 3.39. The molecular formula is C30H31F2NO4. The molecule has 7 heteroatoms. The Labute approximate surface area is 215 Å². The lowest BCUT2D eigenvalue weighted by molar-refractivity contribution is 0.0204. The molecule has 1 saturated heterocycles. The molecule has 0 amide bonds. The zero-order valence-electron chi connectivity index (χ0n) is 20.9. The Hall–Kier alpha value is -3.58. The summed E-state index contributed by atoms with van der Waals surface area (Å²) in [4.78, 5) is 1.85. The third kappa shape index (κ3) is 5.14. The molecule has 2 heterocycles. The quantitative estimate of drug-likeness (QED) is 0.375. The smallest absolute Gasteiger partial charge is 0.253 e. The van der Waals surface area contributed by atoms with E-state index in [1.165, 1.54) is 0 Å². The van der Waals surface area contributed by atoms with E-state index in [2.05, 4.69) is 0 Å². The minimum atomic E-state index is -2.34. The molecule has 0 radical (unpaired) electrons. The lowest BCUT2D eigenvalue weighted by atomic mass is 9.86. The van der Waals surface area contributed by atoms with E-state index >= 15 is 0 Å². The summed E-state index contributed by atoms with van der Waals surface area (Å²) < 4.78 is 39.0. The molecule has 0 saturated carbocycles. The van der Waals surface area contributed by atoms with Crippen LogP contribution >= 0.6 is 0 Å². The van der Waals surface area contributed by atoms with Crippen molar-refractivity contribution in [2.24, 2.45) is 0 Å². The van der Waals surface area contributed by atoms with Crippen LogP contribution in [0.4, 0.5) is 8.78 Å². The molecule has 3 atom stereocenters. The Balaban J connectivity index is 1.38. The van der Waals surface area contributed by atoms with Gasteiger partial charge in [-0.15, -0.1) is 0 Å². The van der Waals surface area contributed by atoms with Crippen molar-refractivity contribution in [1.82, 2.24) is 4.90 Å². The van der Waals surface area contributed by atoms with Crippen molar-refractivity contribution in [3.63, 3.8) is 0 Å². The first-order chi connectivity index (χ1) is 17.8. The van der Waals surface area contributed by atoms with Crippen molar-refractivity contribution in [2.75, 3.05) is 13.2 Å². The van der Waals surface area contributed by atoms with Crippen molar-refractivity contribution in [3.8, 4) is 23.0 Å². The fourth-order valence-electron chi connectivity index (χ4n) is 5.40. The highest BCUT2D eigenvalue weighted by Gasteiger charge is 2.35. The number of nitrogens with zero attached hydrogens (tertiary/aromatic N) is 1. The van der Waals surface area contributed by atoms with Gasteiger partial charge in [-0.2, -0.15) is 0 Å². The molecule has 3 aromatic rings. The minimum Gasteiger partial charge on any atom is -0.508 e. The maximum Gasteiger partial charge on any atom is 0.253 e. The second-order valence-electron chi connectivity index (χ2n) is 9.78. The Bertz CT molecular complexity index is 1290. The van der Waals surface area contributed by atoms with Crippen LogP contribution in [0.1, 0.15) is 49.5 Å². The van der Waals surface area contributed by atoms with Gasteiger partial charge in [0, 0.05) is 17.2 Å². The summed E-state index contributed by atoms with van der Waals surface area (Å²) in [7, 11) is 0. The van der Waals surface area contributed by atoms with Gasteiger partial charge in [-0.25, -0.2) is 8.78 Å². The fourth-order valence-corrected chi connectivity index (χ4v) is 5.40. The van der Waals surface area contributed by atoms with Gasteiger partial charge in [-0.1, -0.05) is 24.3 Å². The number of hydrogen-bond donors (Lipinski definition) is 2. The summed E-state index contributed by atoms with van der Waals surface area (Å²) in [6.45, 7) is 4.90. The van der Waals surface area contributed by atoms with Crippen molar-refractivity contribution >= 4 is 11.1 Å². The van der Waals surface area contributed by atoms with Crippen molar-refractivity contribution in [3.05, 3.63) is 83.4 Å². The Morgan fingerprint density at radius 1 is 1.03 bits per heavy atom. The number of alkyl halides is 2. The number of fused-ring (bicyclic) bond motifs is 1. The number of allylic oxidation sites excluding steroid dienone is 1. The third-order valence-corrected chi connectivity index (χ3v) is 7.31. The molecule has 3 aromatic carbocycles. The molecule has 2 N–H and O–H groups in total. The highest BCUT2D eigenvalue weighted by molar-refractivity contribution is 5.95. The molecule has 194 valence electrons. The zero-order chi connectivity index (χ0) is 26.1. The van der Waals surface area contributed by atoms with Crippen molar-refractivity contribution in [2.45, 2.75) is 51.3 Å². The van der Waals surface area contributed by atoms with E-state index in [1.54, 1.807) is 36.4 Å². The largest absolute Gasteiger partial charge is 0.508 e. The van der Waals surface area contributed by atoms with E-state index in [4.69, 9.17) is 9.47 Å². The molecule has 0 spiro atoms. The SMILES string of the molecule is CC1=C(c2cccc(O)c2)C(c2ccc(OCC(C)N3CCCC3C(F)F)cc2)Oc2ccc(O)cc21. The predicted molar refractivity (Wildman–Crippen MR) is 139 cm³/mol. The van der Waals surface area contributed by atoms with Gasteiger partial charge in [0.25, 0.3) is 6.43 Å². The number of hydrogen-bond acceptors (Lipinski definition) is 5. The molecule has 2 aliphatic heterocycles. The number of phenolic OH excluding ortho intramolecular Hbond substituents is 2. The lowest BCUT2D eigenvalue weighted by Gasteiger charge is -2.31. The number of benzene rings is 3. The van der Waals surface area contributed by atoms with Crippen LogP contribution in [0.2, 0.25) is 0 Å². The van der Waals surface area contributed by atoms with Crippen LogP contribution in [0.25, 0.3) is 11.1 Å². The molecular weight excluding hydrogens is 476 g/mol. The predicted octanol–water partition coefficient (Wildman–Crippen LogP) is 6.66. The minimum absolute atomic E-state index is 0.112. The molecule has 5 nitrogen and oxygen atoms in total. The molecule has 1 fully saturated rings. The summed E-state index contributed by atoms with van der Waals surface area (Å²) in [6, 6.07) is 18.9. The summed E-state index contributed by atoms with van der Waals surface area (Å²) in [5.41, 5.74) is 4.36. The highest BCUT2D eigenvalue weighted by Crippen LogP contribution is 2.47. The highest BCUT2D eigenvalue weighted by atomic mass is 19.3. The Morgan fingerprint density at radius 2 is 1.78 bits per heavy atom. The van der Waals surface area contributed by atoms with Crippen molar-refractivity contribution < 1.29 is 28.5 Å². The molecule has 0 aromatic heterocycles. The summed E-state index contributed by atoms with van der Waals surface area (Å²) in [5.74, 6) is 1.63. The molecule has 37 heavy (non-hydrogen) atoms. The molecule has 3 unspecified atom stereocenters. The van der Waals surface area contributed by atoms with Crippen molar-refractivity contribution in [1.29, 1.82) is 0 Å². The van der Waals surface area contributed by atoms with E-state index in [1.807, 2.05) is 49.1 Å². The van der Waals surface area contributed by atoms with E-state index in [9.17, 15) is 19.0 Å². The first-order valence-electron chi connectivity index (χ1n) is 12.6. The van der Waals surface area contributed by atoms with Gasteiger partial charge in [0.1, 0.15) is 35.7 Å². The molecule has 5 rings (SSSR count). The third-order valence-electron chi connectivity index (χ3n) is 7.31. The van der Waals surface area contributed by atoms with Crippen LogP contribution in [-0.4, -0.2) is 46.8 Å². The van der Waals surface area contributed by atoms with Crippen LogP contribution in [0, 0.1) is 0 Å². The first-order valence-corrected chi connectivity index (χ1v) is 12.6. The van der Waals surface area contributed by atoms with E-state index in [-0.39, 0.29) is 17.5 Å². The summed E-state index contributed by atoms with van der Waals surface area (Å²) >= 11 is 0. The molecule has 2 aliphatic rings. The monoisotopic (exact) mass is 507 g/mol. The van der Waals surface area contributed by atoms with Gasteiger partial charge in [0.05, 0.1) is 6.04 Å². The van der Waals surface area contributed by atoms with Crippen LogP contribution in [0.5, 0.6) is 23.0 Å². The maximum atomic E-state index is 13.3. The number of aromatic hydroxyl groups is 2. The number of likely N-dealkylation sites (tertiary alicyclic amines) is 1. The maximum absolute atomic E-state index is 13.3. The van der Waals surface area contributed by atoms with E-state index in [0.717, 1.165) is 34.3 Å². The topological polar surface area (TPSA) is 62.2 Å². The average molecular weight is 508 g/mol. The van der Waals surface area contributed by atoms with E-state index in [0.29, 0.717) is 31.1 Å². The standard InChI is InChI=1S/C30H31F2NO4/c1-18(33-14-4-7-26(33)30(31)32)17-36-24-11-8-20(9-12-24)29-28(21-5-3-6-22(34)15-21)19(2)25-16-23(35)10-13-27(25)37-29/h3,5-6,8-13,15-16,18,26,29-30,34-35H,4,7,14,17H2,1-2H3. The summed E-state index contributed by atoms with van der Waals surface area (Å²) in [5, 5.41) is 20.2. The van der Waals surface area contributed by atoms with Crippen LogP contribution < -0.4 is 9.47 Å². The zero-order valence-corrected chi connectivity index (χ0v) is 20.9. The van der Waals surface area contributed by atoms with Crippen LogP contribution in [0.3, 0.4) is 0 Å². The molecule has 0 aliphatic carbocycles.